The summed E-state index contributed by atoms with van der Waals surface area (Å²) >= 11 is 52.5. The highest BCUT2D eigenvalue weighted by molar-refractivity contribution is 9.11. The molecule has 0 bridgehead atoms. The fourth-order valence-electron chi connectivity index (χ4n) is 4.65. The highest BCUT2D eigenvalue weighted by Gasteiger charge is 2.12. The molecule has 0 spiro atoms. The van der Waals surface area contributed by atoms with E-state index >= 15 is 0 Å². The minimum absolute atomic E-state index is 0.300. The van der Waals surface area contributed by atoms with Gasteiger partial charge in [-0.25, -0.2) is 0 Å². The minimum atomic E-state index is 0.300. The Morgan fingerprint density at radius 1 is 0.400 bits per heavy atom. The van der Waals surface area contributed by atoms with E-state index in [-0.39, 0.29) is 0 Å². The van der Waals surface area contributed by atoms with Crippen LogP contribution in [0.25, 0.3) is 55.2 Å². The van der Waals surface area contributed by atoms with Gasteiger partial charge in [0.25, 0.3) is 0 Å². The van der Waals surface area contributed by atoms with E-state index in [4.69, 9.17) is 119 Å². The van der Waals surface area contributed by atoms with E-state index in [1.807, 2.05) is 6.07 Å². The van der Waals surface area contributed by atoms with Gasteiger partial charge in [0.05, 0.1) is 35.2 Å². The Hall–Kier alpha value is -4.62. The van der Waals surface area contributed by atoms with E-state index in [0.29, 0.717) is 115 Å². The molecule has 30 heteroatoms. The monoisotopic (exact) mass is 1100 g/mol. The van der Waals surface area contributed by atoms with Crippen LogP contribution in [0.4, 0.5) is 0 Å². The van der Waals surface area contributed by atoms with Crippen LogP contribution in [0.15, 0.2) is 69.6 Å². The van der Waals surface area contributed by atoms with Crippen LogP contribution in [0.2, 0.25) is 40.2 Å². The molecule has 0 fully saturated rings. The van der Waals surface area contributed by atoms with Crippen LogP contribution in [0.1, 0.15) is 0 Å². The number of fused-ring (bicyclic) bond motifs is 5. The summed E-state index contributed by atoms with van der Waals surface area (Å²) in [5.41, 5.74) is 4.52. The largest absolute Gasteiger partial charge is 0.410 e. The quantitative estimate of drug-likeness (QED) is 0.0886. The van der Waals surface area contributed by atoms with Crippen LogP contribution in [-0.2, 0) is 0 Å². The highest BCUT2D eigenvalue weighted by Crippen LogP contribution is 2.30. The Morgan fingerprint density at radius 3 is 1.60 bits per heavy atom. The Balaban J connectivity index is 0.000000126. The predicted molar refractivity (Wildman–Crippen MR) is 229 cm³/mol. The van der Waals surface area contributed by atoms with Gasteiger partial charge < -0.3 is 26.0 Å². The first-order valence-electron chi connectivity index (χ1n) is 15.4. The molecule has 10 aromatic rings. The van der Waals surface area contributed by atoms with Crippen LogP contribution in [-0.4, -0.2) is 102 Å². The zero-order valence-electron chi connectivity index (χ0n) is 28.5. The number of benzene rings is 5. The lowest BCUT2D eigenvalue weighted by Crippen LogP contribution is -1.91. The molecular weight excluding hydrogens is 1090 g/mol. The van der Waals surface area contributed by atoms with Crippen molar-refractivity contribution in [3.05, 3.63) is 110 Å². The third-order valence-electron chi connectivity index (χ3n) is 7.35. The molecule has 5 aromatic carbocycles. The van der Waals surface area contributed by atoms with Gasteiger partial charge in [-0.2, -0.15) is 0 Å². The van der Waals surface area contributed by atoms with Gasteiger partial charge in [-0.05, 0) is 103 Å². The van der Waals surface area contributed by atoms with Crippen LogP contribution in [0.5, 0.6) is 0 Å². The van der Waals surface area contributed by atoms with Gasteiger partial charge >= 0.3 is 0 Å². The van der Waals surface area contributed by atoms with E-state index < -0.39 is 0 Å². The molecule has 0 atom stereocenters. The molecule has 5 heterocycles. The summed E-state index contributed by atoms with van der Waals surface area (Å²) in [6.45, 7) is 0. The lowest BCUT2D eigenvalue weighted by Gasteiger charge is -1.94. The lowest BCUT2D eigenvalue weighted by atomic mass is 10.3. The molecular formula is C30H15Br2Cl8N15O5. The van der Waals surface area contributed by atoms with Gasteiger partial charge in [0, 0.05) is 14.0 Å². The number of halogens is 10. The Morgan fingerprint density at radius 2 is 0.917 bits per heavy atom. The first-order valence-corrected chi connectivity index (χ1v) is 20.0. The molecule has 5 aromatic heterocycles. The molecule has 60 heavy (non-hydrogen) atoms. The van der Waals surface area contributed by atoms with Crippen molar-refractivity contribution in [1.29, 1.82) is 0 Å². The summed E-state index contributed by atoms with van der Waals surface area (Å²) in [7, 11) is 0. The summed E-state index contributed by atoms with van der Waals surface area (Å²) < 4.78 is 1.66. The summed E-state index contributed by atoms with van der Waals surface area (Å²) in [6.07, 6.45) is 0. The fraction of sp³-hybridized carbons (Fsp3) is 0. The molecule has 0 amide bonds. The highest BCUT2D eigenvalue weighted by atomic mass is 79.9. The van der Waals surface area contributed by atoms with Gasteiger partial charge in [0.2, 0.25) is 0 Å². The molecule has 20 nitrogen and oxygen atoms in total. The molecule has 0 aliphatic heterocycles. The SMILES string of the molecule is On1nnc2c(Br)cc(Br)cc21.On1nnc2c(Cl)c(Cl)ccc21.On1nnc2c(Cl)cc(Cl)cc21.On1nnc2c(Cl)ccc(Cl)c21.On1nnc2cc(Cl)c(Cl)cc21. The Kier molecular flexibility index (Phi) is 14.2. The van der Waals surface area contributed by atoms with Gasteiger partial charge in [-0.3, -0.25) is 0 Å². The fourth-order valence-corrected chi connectivity index (χ4v) is 7.54. The maximum atomic E-state index is 9.16. The summed E-state index contributed by atoms with van der Waals surface area (Å²) in [5, 5.41) is 83.8. The second-order valence-corrected chi connectivity index (χ2v) is 16.1. The van der Waals surface area contributed by atoms with Crippen molar-refractivity contribution in [1.82, 2.24) is 75.8 Å². The molecule has 0 radical (unpaired) electrons. The summed E-state index contributed by atoms with van der Waals surface area (Å²) in [5.74, 6) is 0. The van der Waals surface area contributed by atoms with Crippen molar-refractivity contribution in [3.8, 4) is 0 Å². The van der Waals surface area contributed by atoms with Gasteiger partial charge in [0.15, 0.2) is 5.52 Å². The van der Waals surface area contributed by atoms with E-state index in [1.165, 1.54) is 12.1 Å². The average Bonchev–Trinajstić information content (AvgIpc) is 4.04. The number of rotatable bonds is 0. The smallest absolute Gasteiger partial charge is 0.150 e. The second-order valence-electron chi connectivity index (χ2n) is 11.1. The Labute approximate surface area is 388 Å². The van der Waals surface area contributed by atoms with Crippen LogP contribution < -0.4 is 0 Å². The summed E-state index contributed by atoms with van der Waals surface area (Å²) in [6, 6.07) is 16.0. The zero-order chi connectivity index (χ0) is 43.6. The third kappa shape index (κ3) is 9.78. The number of hydrogen-bond acceptors (Lipinski definition) is 15. The molecule has 5 N–H and O–H groups in total. The zero-order valence-corrected chi connectivity index (χ0v) is 37.7. The normalized spacial score (nSPS) is 10.8. The van der Waals surface area contributed by atoms with Gasteiger partial charge in [-0.1, -0.05) is 133 Å². The lowest BCUT2D eigenvalue weighted by molar-refractivity contribution is 0.154. The van der Waals surface area contributed by atoms with Crippen LogP contribution in [0.3, 0.4) is 0 Å². The number of hydrogen-bond donors (Lipinski definition) is 5. The van der Waals surface area contributed by atoms with Crippen molar-refractivity contribution in [2.45, 2.75) is 0 Å². The molecule has 0 saturated carbocycles. The molecule has 0 aliphatic carbocycles. The van der Waals surface area contributed by atoms with Gasteiger partial charge in [-0.15, -0.1) is 25.5 Å². The first kappa shape index (κ1) is 44.9. The average molecular weight is 1110 g/mol. The predicted octanol–water partition coefficient (Wildman–Crippen LogP) is 10.1. The standard InChI is InChI=1S/C6H3Br2N3O.4C6H3Cl2N3O/c7-3-1-4(8)6-5(2-3)11(12)10-9-6;7-3-1-5-6(2-4(3)8)11(12)10-9-5;7-3-1-4(8)6-5(2-3)11(12)10-9-6;7-3-1-2-4-6(5(3)8)9-10-11(4)12;7-3-1-2-4(8)6-5(3)9-10-11(6)12/h5*1-2,12H. The van der Waals surface area contributed by atoms with E-state index in [0.717, 1.165) is 13.8 Å². The molecule has 0 saturated heterocycles. The molecule has 0 unspecified atom stereocenters. The maximum absolute atomic E-state index is 9.16. The maximum Gasteiger partial charge on any atom is 0.150 e. The van der Waals surface area contributed by atoms with Crippen molar-refractivity contribution in [2.75, 3.05) is 0 Å². The van der Waals surface area contributed by atoms with Crippen molar-refractivity contribution >= 4 is 180 Å². The van der Waals surface area contributed by atoms with E-state index in [1.54, 1.807) is 42.5 Å². The Bertz CT molecular complexity index is 3090. The molecule has 10 rings (SSSR count). The second kappa shape index (κ2) is 19.0. The van der Waals surface area contributed by atoms with Crippen molar-refractivity contribution in [2.24, 2.45) is 0 Å². The first-order chi connectivity index (χ1) is 28.4. The van der Waals surface area contributed by atoms with Gasteiger partial charge in [0.1, 0.15) is 49.7 Å². The molecule has 310 valence electrons. The van der Waals surface area contributed by atoms with Crippen LogP contribution in [0, 0.1) is 0 Å². The third-order valence-corrected chi connectivity index (χ3v) is 11.0. The number of nitrogens with zero attached hydrogens (tertiary/aromatic N) is 15. The minimum Gasteiger partial charge on any atom is -0.410 e. The topological polar surface area (TPSA) is 255 Å². The number of aromatic nitrogens is 15. The van der Waals surface area contributed by atoms with E-state index in [9.17, 15) is 0 Å². The molecule has 0 aliphatic rings. The summed E-state index contributed by atoms with van der Waals surface area (Å²) in [4.78, 5) is 3.27. The van der Waals surface area contributed by atoms with Crippen molar-refractivity contribution < 1.29 is 26.0 Å². The van der Waals surface area contributed by atoms with Crippen molar-refractivity contribution in [3.63, 3.8) is 0 Å². The van der Waals surface area contributed by atoms with Crippen LogP contribution >= 0.6 is 125 Å². The van der Waals surface area contributed by atoms with E-state index in [2.05, 4.69) is 83.4 Å².